The average molecular weight is 123 g/mol. The van der Waals surface area contributed by atoms with Crippen molar-refractivity contribution in [2.45, 2.75) is 13.3 Å². The Hall–Kier alpha value is -1.12. The Bertz CT molecular complexity index is 180. The van der Waals surface area contributed by atoms with Crippen LogP contribution in [0.2, 0.25) is 0 Å². The van der Waals surface area contributed by atoms with E-state index in [0.717, 1.165) is 12.1 Å². The third kappa shape index (κ3) is 1.38. The lowest BCUT2D eigenvalue weighted by Gasteiger charge is -1.91. The Morgan fingerprint density at radius 2 is 2.22 bits per heavy atom. The highest BCUT2D eigenvalue weighted by Gasteiger charge is 1.88. The van der Waals surface area contributed by atoms with E-state index in [9.17, 15) is 0 Å². The maximum Gasteiger partial charge on any atom is 0.146 e. The molecule has 48 valence electrons. The Morgan fingerprint density at radius 3 is 2.67 bits per heavy atom. The van der Waals surface area contributed by atoms with E-state index in [1.54, 1.807) is 6.07 Å². The topological polar surface area (TPSA) is 51.8 Å². The summed E-state index contributed by atoms with van der Waals surface area (Å²) < 4.78 is 0. The third-order valence-electron chi connectivity index (χ3n) is 1.10. The van der Waals surface area contributed by atoms with Crippen molar-refractivity contribution in [2.75, 3.05) is 5.73 Å². The van der Waals surface area contributed by atoms with E-state index in [4.69, 9.17) is 5.73 Å². The predicted octanol–water partition coefficient (Wildman–Crippen LogP) is 0.621. The summed E-state index contributed by atoms with van der Waals surface area (Å²) in [6.45, 7) is 2.03. The van der Waals surface area contributed by atoms with Crippen LogP contribution >= 0.6 is 0 Å². The molecule has 0 saturated carbocycles. The number of aryl methyl sites for hydroxylation is 1. The zero-order chi connectivity index (χ0) is 6.69. The van der Waals surface area contributed by atoms with Gasteiger partial charge in [-0.1, -0.05) is 6.92 Å². The van der Waals surface area contributed by atoms with Crippen LogP contribution in [0.15, 0.2) is 12.1 Å². The first-order chi connectivity index (χ1) is 4.33. The maximum atomic E-state index is 5.31. The molecule has 0 bridgehead atoms. The number of aromatic nitrogens is 2. The van der Waals surface area contributed by atoms with Crippen molar-refractivity contribution in [3.05, 3.63) is 17.8 Å². The van der Waals surface area contributed by atoms with Crippen molar-refractivity contribution in [2.24, 2.45) is 0 Å². The molecule has 0 fully saturated rings. The molecule has 3 nitrogen and oxygen atoms in total. The van der Waals surface area contributed by atoms with Gasteiger partial charge in [-0.05, 0) is 18.6 Å². The van der Waals surface area contributed by atoms with Gasteiger partial charge in [0.1, 0.15) is 5.82 Å². The molecular formula is C6H9N3. The SMILES string of the molecule is CCc1ccc(N)nn1. The summed E-state index contributed by atoms with van der Waals surface area (Å²) in [6.07, 6.45) is 0.910. The number of nitrogens with two attached hydrogens (primary N) is 1. The van der Waals surface area contributed by atoms with Gasteiger partial charge in [-0.3, -0.25) is 0 Å². The molecule has 1 aromatic rings. The molecule has 0 aliphatic heterocycles. The second-order valence-corrected chi connectivity index (χ2v) is 1.80. The maximum absolute atomic E-state index is 5.31. The summed E-state index contributed by atoms with van der Waals surface area (Å²) >= 11 is 0. The molecule has 0 unspecified atom stereocenters. The largest absolute Gasteiger partial charge is 0.382 e. The van der Waals surface area contributed by atoms with Gasteiger partial charge in [0.15, 0.2) is 0 Å². The van der Waals surface area contributed by atoms with Gasteiger partial charge in [0.05, 0.1) is 5.69 Å². The molecule has 9 heavy (non-hydrogen) atoms. The van der Waals surface area contributed by atoms with Gasteiger partial charge in [0, 0.05) is 0 Å². The zero-order valence-electron chi connectivity index (χ0n) is 5.33. The van der Waals surface area contributed by atoms with Gasteiger partial charge < -0.3 is 5.73 Å². The minimum atomic E-state index is 0.479. The molecule has 0 spiro atoms. The summed E-state index contributed by atoms with van der Waals surface area (Å²) in [4.78, 5) is 0. The van der Waals surface area contributed by atoms with Crippen LogP contribution in [0.1, 0.15) is 12.6 Å². The molecule has 2 N–H and O–H groups in total. The molecule has 0 aliphatic carbocycles. The van der Waals surface area contributed by atoms with Gasteiger partial charge in [-0.25, -0.2) is 0 Å². The Labute approximate surface area is 53.9 Å². The van der Waals surface area contributed by atoms with Gasteiger partial charge in [-0.15, -0.1) is 5.10 Å². The van der Waals surface area contributed by atoms with E-state index in [1.807, 2.05) is 13.0 Å². The monoisotopic (exact) mass is 123 g/mol. The first kappa shape index (κ1) is 6.01. The number of hydrogen-bond acceptors (Lipinski definition) is 3. The second-order valence-electron chi connectivity index (χ2n) is 1.80. The molecule has 1 aromatic heterocycles. The lowest BCUT2D eigenvalue weighted by molar-refractivity contribution is 0.926. The second kappa shape index (κ2) is 2.44. The van der Waals surface area contributed by atoms with Crippen LogP contribution in [-0.4, -0.2) is 10.2 Å². The van der Waals surface area contributed by atoms with Gasteiger partial charge in [0.2, 0.25) is 0 Å². The van der Waals surface area contributed by atoms with E-state index in [0.29, 0.717) is 5.82 Å². The van der Waals surface area contributed by atoms with Gasteiger partial charge in [-0.2, -0.15) is 5.10 Å². The Balaban J connectivity index is 2.88. The van der Waals surface area contributed by atoms with Crippen LogP contribution in [0.3, 0.4) is 0 Å². The van der Waals surface area contributed by atoms with E-state index in [-0.39, 0.29) is 0 Å². The fourth-order valence-electron chi connectivity index (χ4n) is 0.559. The highest BCUT2D eigenvalue weighted by molar-refractivity contribution is 5.25. The average Bonchev–Trinajstić information content (AvgIpc) is 1.90. The fraction of sp³-hybridized carbons (Fsp3) is 0.333. The molecule has 3 heteroatoms. The third-order valence-corrected chi connectivity index (χ3v) is 1.10. The van der Waals surface area contributed by atoms with Crippen LogP contribution in [0.5, 0.6) is 0 Å². The van der Waals surface area contributed by atoms with Crippen LogP contribution < -0.4 is 5.73 Å². The van der Waals surface area contributed by atoms with E-state index in [1.165, 1.54) is 0 Å². The fourth-order valence-corrected chi connectivity index (χ4v) is 0.559. The quantitative estimate of drug-likeness (QED) is 0.595. The smallest absolute Gasteiger partial charge is 0.146 e. The molecule has 0 atom stereocenters. The van der Waals surface area contributed by atoms with Crippen molar-refractivity contribution in [1.82, 2.24) is 10.2 Å². The van der Waals surface area contributed by atoms with Crippen molar-refractivity contribution < 1.29 is 0 Å². The molecule has 0 amide bonds. The normalized spacial score (nSPS) is 9.44. The summed E-state index contributed by atoms with van der Waals surface area (Å²) in [5.41, 5.74) is 6.28. The molecule has 0 aliphatic rings. The highest BCUT2D eigenvalue weighted by Crippen LogP contribution is 1.96. The number of nitrogen functional groups attached to an aromatic ring is 1. The highest BCUT2D eigenvalue weighted by atomic mass is 15.1. The van der Waals surface area contributed by atoms with Crippen LogP contribution in [0.4, 0.5) is 5.82 Å². The van der Waals surface area contributed by atoms with Crippen LogP contribution in [0, 0.1) is 0 Å². The predicted molar refractivity (Wildman–Crippen MR) is 35.8 cm³/mol. The minimum absolute atomic E-state index is 0.479. The summed E-state index contributed by atoms with van der Waals surface area (Å²) in [6, 6.07) is 3.63. The Morgan fingerprint density at radius 1 is 1.44 bits per heavy atom. The molecule has 0 aromatic carbocycles. The number of rotatable bonds is 1. The summed E-state index contributed by atoms with van der Waals surface area (Å²) in [5, 5.41) is 7.50. The van der Waals surface area contributed by atoms with Crippen LogP contribution in [-0.2, 0) is 6.42 Å². The zero-order valence-corrected chi connectivity index (χ0v) is 5.33. The number of hydrogen-bond donors (Lipinski definition) is 1. The standard InChI is InChI=1S/C6H9N3/c1-2-5-3-4-6(7)9-8-5/h3-4H,2H2,1H3,(H2,7,9). The van der Waals surface area contributed by atoms with Crippen molar-refractivity contribution in [3.8, 4) is 0 Å². The molecular weight excluding hydrogens is 114 g/mol. The Kier molecular flexibility index (Phi) is 1.63. The van der Waals surface area contributed by atoms with E-state index in [2.05, 4.69) is 10.2 Å². The van der Waals surface area contributed by atoms with Crippen molar-refractivity contribution >= 4 is 5.82 Å². The summed E-state index contributed by atoms with van der Waals surface area (Å²) in [5.74, 6) is 0.479. The van der Waals surface area contributed by atoms with E-state index < -0.39 is 0 Å². The molecule has 1 heterocycles. The first-order valence-corrected chi connectivity index (χ1v) is 2.91. The summed E-state index contributed by atoms with van der Waals surface area (Å²) in [7, 11) is 0. The number of nitrogens with zero attached hydrogens (tertiary/aromatic N) is 2. The molecule has 1 rings (SSSR count). The van der Waals surface area contributed by atoms with Crippen molar-refractivity contribution in [1.29, 1.82) is 0 Å². The van der Waals surface area contributed by atoms with Gasteiger partial charge >= 0.3 is 0 Å². The van der Waals surface area contributed by atoms with Gasteiger partial charge in [0.25, 0.3) is 0 Å². The minimum Gasteiger partial charge on any atom is -0.382 e. The lowest BCUT2D eigenvalue weighted by atomic mass is 10.3. The molecule has 0 radical (unpaired) electrons. The number of anilines is 1. The van der Waals surface area contributed by atoms with E-state index >= 15 is 0 Å². The lowest BCUT2D eigenvalue weighted by Crippen LogP contribution is -1.94. The van der Waals surface area contributed by atoms with Crippen molar-refractivity contribution in [3.63, 3.8) is 0 Å². The molecule has 0 saturated heterocycles. The van der Waals surface area contributed by atoms with Crippen LogP contribution in [0.25, 0.3) is 0 Å². The first-order valence-electron chi connectivity index (χ1n) is 2.91.